The lowest BCUT2D eigenvalue weighted by Gasteiger charge is -2.05. The maximum atomic E-state index is 11.6. The van der Waals surface area contributed by atoms with E-state index in [4.69, 9.17) is 9.47 Å². The number of hydrogen-bond donors (Lipinski definition) is 0. The zero-order valence-corrected chi connectivity index (χ0v) is 11.5. The summed E-state index contributed by atoms with van der Waals surface area (Å²) < 4.78 is 11.4. The third-order valence-electron chi connectivity index (χ3n) is 2.77. The van der Waals surface area contributed by atoms with Crippen LogP contribution in [-0.4, -0.2) is 18.1 Å². The lowest BCUT2D eigenvalue weighted by atomic mass is 10.3. The van der Waals surface area contributed by atoms with Crippen molar-refractivity contribution >= 4 is 27.4 Å². The Bertz CT molecular complexity index is 752. The van der Waals surface area contributed by atoms with Crippen LogP contribution in [0.4, 0.5) is 0 Å². The second-order valence-corrected chi connectivity index (χ2v) is 5.15. The van der Waals surface area contributed by atoms with Crippen molar-refractivity contribution in [3.05, 3.63) is 53.7 Å². The largest absolute Gasteiger partial charge is 0.465 e. The quantitative estimate of drug-likeness (QED) is 0.685. The van der Waals surface area contributed by atoms with Crippen LogP contribution < -0.4 is 4.74 Å². The Morgan fingerprint density at radius 2 is 2.00 bits per heavy atom. The molecule has 100 valence electrons. The topological polar surface area (TPSA) is 48.4 Å². The second kappa shape index (κ2) is 5.30. The van der Waals surface area contributed by atoms with E-state index in [2.05, 4.69) is 4.98 Å². The highest BCUT2D eigenvalue weighted by molar-refractivity contribution is 7.20. The van der Waals surface area contributed by atoms with E-state index in [1.54, 1.807) is 18.5 Å². The van der Waals surface area contributed by atoms with Crippen molar-refractivity contribution in [2.45, 2.75) is 0 Å². The molecule has 1 aromatic carbocycles. The normalized spacial score (nSPS) is 10.4. The molecule has 2 aromatic heterocycles. The molecule has 3 aromatic rings. The van der Waals surface area contributed by atoms with E-state index in [1.165, 1.54) is 18.4 Å². The first-order valence-electron chi connectivity index (χ1n) is 5.96. The fraction of sp³-hybridized carbons (Fsp3) is 0.0667. The number of methoxy groups -OCH3 is 1. The van der Waals surface area contributed by atoms with Gasteiger partial charge in [-0.25, -0.2) is 4.79 Å². The first kappa shape index (κ1) is 12.6. The molecule has 0 aliphatic carbocycles. The van der Waals surface area contributed by atoms with Crippen molar-refractivity contribution in [3.63, 3.8) is 0 Å². The van der Waals surface area contributed by atoms with Crippen LogP contribution in [0.25, 0.3) is 10.1 Å². The first-order valence-corrected chi connectivity index (χ1v) is 6.78. The average molecular weight is 285 g/mol. The minimum atomic E-state index is -0.350. The Morgan fingerprint density at radius 1 is 1.20 bits per heavy atom. The minimum Gasteiger partial charge on any atom is -0.465 e. The number of thiophene rings is 1. The molecule has 0 fully saturated rings. The number of benzene rings is 1. The summed E-state index contributed by atoms with van der Waals surface area (Å²) in [6, 6.07) is 11.2. The fourth-order valence-corrected chi connectivity index (χ4v) is 2.80. The molecule has 20 heavy (non-hydrogen) atoms. The van der Waals surface area contributed by atoms with Crippen LogP contribution in [0.1, 0.15) is 9.67 Å². The Kier molecular flexibility index (Phi) is 3.35. The van der Waals surface area contributed by atoms with Gasteiger partial charge in [-0.15, -0.1) is 11.3 Å². The third-order valence-corrected chi connectivity index (χ3v) is 3.82. The van der Waals surface area contributed by atoms with E-state index in [0.29, 0.717) is 10.6 Å². The van der Waals surface area contributed by atoms with Gasteiger partial charge >= 0.3 is 5.97 Å². The van der Waals surface area contributed by atoms with Gasteiger partial charge in [-0.05, 0) is 18.2 Å². The molecule has 4 nitrogen and oxygen atoms in total. The van der Waals surface area contributed by atoms with Crippen LogP contribution in [-0.2, 0) is 4.74 Å². The van der Waals surface area contributed by atoms with Crippen LogP contribution in [0, 0.1) is 0 Å². The molecule has 5 heteroatoms. The van der Waals surface area contributed by atoms with Crippen LogP contribution in [0.5, 0.6) is 11.5 Å². The van der Waals surface area contributed by atoms with E-state index >= 15 is 0 Å². The Hall–Kier alpha value is -2.40. The molecule has 0 spiro atoms. The molecule has 0 N–H and O–H groups in total. The highest BCUT2D eigenvalue weighted by Gasteiger charge is 2.13. The van der Waals surface area contributed by atoms with Crippen molar-refractivity contribution in [1.82, 2.24) is 4.98 Å². The van der Waals surface area contributed by atoms with Crippen molar-refractivity contribution < 1.29 is 14.3 Å². The Labute approximate surface area is 119 Å². The molecule has 0 amide bonds. The summed E-state index contributed by atoms with van der Waals surface area (Å²) in [6.07, 6.45) is 3.35. The van der Waals surface area contributed by atoms with Crippen LogP contribution in [0.2, 0.25) is 0 Å². The summed E-state index contributed by atoms with van der Waals surface area (Å²) in [4.78, 5) is 16.3. The molecule has 0 atom stereocenters. The van der Waals surface area contributed by atoms with Crippen LogP contribution in [0.15, 0.2) is 48.8 Å². The smallest absolute Gasteiger partial charge is 0.348 e. The Morgan fingerprint density at radius 3 is 2.75 bits per heavy atom. The monoisotopic (exact) mass is 285 g/mol. The zero-order chi connectivity index (χ0) is 13.9. The highest BCUT2D eigenvalue weighted by atomic mass is 32.1. The molecular formula is C15H11NO3S. The number of ether oxygens (including phenoxy) is 2. The van der Waals surface area contributed by atoms with Gasteiger partial charge < -0.3 is 9.47 Å². The SMILES string of the molecule is COC(=O)c1cc2c(Oc3ccccc3)cncc2s1. The molecular weight excluding hydrogens is 274 g/mol. The minimum absolute atomic E-state index is 0.350. The number of pyridine rings is 1. The molecule has 2 heterocycles. The van der Waals surface area contributed by atoms with Gasteiger partial charge in [0.25, 0.3) is 0 Å². The number of fused-ring (bicyclic) bond motifs is 1. The van der Waals surface area contributed by atoms with Gasteiger partial charge in [0.2, 0.25) is 0 Å². The standard InChI is InChI=1S/C15H11NO3S/c1-18-15(17)13-7-11-12(8-16-9-14(11)20-13)19-10-5-3-2-4-6-10/h2-9H,1H3. The van der Waals surface area contributed by atoms with Gasteiger partial charge in [0, 0.05) is 11.6 Å². The van der Waals surface area contributed by atoms with E-state index < -0.39 is 0 Å². The molecule has 0 aliphatic rings. The van der Waals surface area contributed by atoms with Crippen molar-refractivity contribution in [2.24, 2.45) is 0 Å². The lowest BCUT2D eigenvalue weighted by Crippen LogP contribution is -1.96. The predicted octanol–water partition coefficient (Wildman–Crippen LogP) is 3.88. The molecule has 0 unspecified atom stereocenters. The third kappa shape index (κ3) is 2.35. The van der Waals surface area contributed by atoms with E-state index in [0.717, 1.165) is 15.8 Å². The van der Waals surface area contributed by atoms with Gasteiger partial charge in [-0.3, -0.25) is 4.98 Å². The number of esters is 1. The zero-order valence-electron chi connectivity index (χ0n) is 10.7. The van der Waals surface area contributed by atoms with Crippen molar-refractivity contribution in [3.8, 4) is 11.5 Å². The molecule has 0 bridgehead atoms. The maximum absolute atomic E-state index is 11.6. The first-order chi connectivity index (χ1) is 9.78. The highest BCUT2D eigenvalue weighted by Crippen LogP contribution is 2.34. The summed E-state index contributed by atoms with van der Waals surface area (Å²) in [7, 11) is 1.37. The van der Waals surface area contributed by atoms with Crippen LogP contribution in [0.3, 0.4) is 0 Å². The summed E-state index contributed by atoms with van der Waals surface area (Å²) in [5.41, 5.74) is 0. The molecule has 0 saturated heterocycles. The van der Waals surface area contributed by atoms with Gasteiger partial charge in [0.15, 0.2) is 5.75 Å². The van der Waals surface area contributed by atoms with Crippen molar-refractivity contribution in [2.75, 3.05) is 7.11 Å². The number of nitrogens with zero attached hydrogens (tertiary/aromatic N) is 1. The maximum Gasteiger partial charge on any atom is 0.348 e. The number of carbonyl (C=O) groups excluding carboxylic acids is 1. The molecule has 3 rings (SSSR count). The second-order valence-electron chi connectivity index (χ2n) is 4.07. The van der Waals surface area contributed by atoms with Gasteiger partial charge in [-0.2, -0.15) is 0 Å². The van der Waals surface area contributed by atoms with Crippen LogP contribution >= 0.6 is 11.3 Å². The number of para-hydroxylation sites is 1. The molecule has 0 saturated carbocycles. The van der Waals surface area contributed by atoms with Gasteiger partial charge in [-0.1, -0.05) is 18.2 Å². The fourth-order valence-electron chi connectivity index (χ4n) is 1.83. The summed E-state index contributed by atoms with van der Waals surface area (Å²) in [5, 5.41) is 0.856. The van der Waals surface area contributed by atoms with E-state index in [-0.39, 0.29) is 5.97 Å². The average Bonchev–Trinajstić information content (AvgIpc) is 2.93. The number of rotatable bonds is 3. The van der Waals surface area contributed by atoms with E-state index in [1.807, 2.05) is 30.3 Å². The summed E-state index contributed by atoms with van der Waals surface area (Å²) in [5.74, 6) is 1.00. The summed E-state index contributed by atoms with van der Waals surface area (Å²) >= 11 is 1.34. The molecule has 0 aliphatic heterocycles. The Balaban J connectivity index is 2.03. The van der Waals surface area contributed by atoms with Gasteiger partial charge in [0.05, 0.1) is 18.0 Å². The lowest BCUT2D eigenvalue weighted by molar-refractivity contribution is 0.0606. The van der Waals surface area contributed by atoms with E-state index in [9.17, 15) is 4.79 Å². The molecule has 0 radical (unpaired) electrons. The van der Waals surface area contributed by atoms with Crippen molar-refractivity contribution in [1.29, 1.82) is 0 Å². The van der Waals surface area contributed by atoms with Gasteiger partial charge in [0.1, 0.15) is 10.6 Å². The number of carbonyl (C=O) groups is 1. The number of aromatic nitrogens is 1. The summed E-state index contributed by atoms with van der Waals surface area (Å²) in [6.45, 7) is 0. The number of hydrogen-bond acceptors (Lipinski definition) is 5. The predicted molar refractivity (Wildman–Crippen MR) is 77.5 cm³/mol.